The predicted octanol–water partition coefficient (Wildman–Crippen LogP) is 3.28. The Hall–Kier alpha value is -1.59. The summed E-state index contributed by atoms with van der Waals surface area (Å²) in [5.41, 5.74) is 2.08. The van der Waals surface area contributed by atoms with Gasteiger partial charge in [0.2, 0.25) is 0 Å². The van der Waals surface area contributed by atoms with Crippen molar-refractivity contribution in [3.8, 4) is 0 Å². The molecule has 2 aromatic rings. The van der Waals surface area contributed by atoms with E-state index in [4.69, 9.17) is 23.8 Å². The maximum absolute atomic E-state index is 5.85. The Morgan fingerprint density at radius 3 is 2.90 bits per heavy atom. The average molecular weight is 309 g/mol. The number of nitrogens with one attached hydrogen (secondary N) is 2. The quantitative estimate of drug-likeness (QED) is 0.851. The smallest absolute Gasteiger partial charge is 0.170 e. The number of benzene rings is 1. The van der Waals surface area contributed by atoms with Gasteiger partial charge < -0.3 is 10.6 Å². The van der Waals surface area contributed by atoms with Gasteiger partial charge in [0.15, 0.2) is 5.11 Å². The SMILES string of the molecule is CC(C)NC(=S)Nc1cccc(Cn2cc(Cl)cn2)c1. The first-order chi connectivity index (χ1) is 9.52. The van der Waals surface area contributed by atoms with Crippen molar-refractivity contribution >= 4 is 34.6 Å². The molecule has 0 radical (unpaired) electrons. The highest BCUT2D eigenvalue weighted by atomic mass is 35.5. The molecular weight excluding hydrogens is 292 g/mol. The number of hydrogen-bond donors (Lipinski definition) is 2. The van der Waals surface area contributed by atoms with Crippen molar-refractivity contribution in [2.45, 2.75) is 26.4 Å². The van der Waals surface area contributed by atoms with Crippen LogP contribution in [0.2, 0.25) is 5.02 Å². The van der Waals surface area contributed by atoms with Gasteiger partial charge in [-0.15, -0.1) is 0 Å². The topological polar surface area (TPSA) is 41.9 Å². The lowest BCUT2D eigenvalue weighted by Crippen LogP contribution is -2.33. The van der Waals surface area contributed by atoms with Crippen molar-refractivity contribution < 1.29 is 0 Å². The fraction of sp³-hybridized carbons (Fsp3) is 0.286. The Morgan fingerprint density at radius 1 is 1.45 bits per heavy atom. The zero-order valence-corrected chi connectivity index (χ0v) is 13.0. The van der Waals surface area contributed by atoms with Gasteiger partial charge in [-0.3, -0.25) is 4.68 Å². The molecule has 6 heteroatoms. The summed E-state index contributed by atoms with van der Waals surface area (Å²) in [6.07, 6.45) is 3.43. The molecule has 1 aromatic carbocycles. The number of nitrogens with zero attached hydrogens (tertiary/aromatic N) is 2. The Bertz CT molecular complexity index is 594. The molecule has 0 unspecified atom stereocenters. The maximum atomic E-state index is 5.85. The van der Waals surface area contributed by atoms with Gasteiger partial charge in [0.25, 0.3) is 0 Å². The summed E-state index contributed by atoms with van der Waals surface area (Å²) in [6.45, 7) is 4.77. The van der Waals surface area contributed by atoms with Gasteiger partial charge in [-0.1, -0.05) is 23.7 Å². The van der Waals surface area contributed by atoms with Gasteiger partial charge in [-0.25, -0.2) is 0 Å². The molecule has 0 aliphatic rings. The van der Waals surface area contributed by atoms with E-state index >= 15 is 0 Å². The third-order valence-electron chi connectivity index (χ3n) is 2.55. The van der Waals surface area contributed by atoms with Crippen LogP contribution in [0.25, 0.3) is 0 Å². The van der Waals surface area contributed by atoms with Gasteiger partial charge in [0.05, 0.1) is 17.8 Å². The van der Waals surface area contributed by atoms with Crippen LogP contribution in [0.4, 0.5) is 5.69 Å². The molecule has 0 bridgehead atoms. The second-order valence-corrected chi connectivity index (χ2v) is 5.65. The molecule has 1 heterocycles. The van der Waals surface area contributed by atoms with Crippen LogP contribution in [-0.2, 0) is 6.54 Å². The molecule has 1 aromatic heterocycles. The lowest BCUT2D eigenvalue weighted by atomic mass is 10.2. The van der Waals surface area contributed by atoms with E-state index in [9.17, 15) is 0 Å². The Morgan fingerprint density at radius 2 is 2.25 bits per heavy atom. The monoisotopic (exact) mass is 308 g/mol. The minimum absolute atomic E-state index is 0.310. The largest absolute Gasteiger partial charge is 0.360 e. The normalized spacial score (nSPS) is 10.6. The molecule has 106 valence electrons. The number of aromatic nitrogens is 2. The lowest BCUT2D eigenvalue weighted by molar-refractivity contribution is 0.687. The van der Waals surface area contributed by atoms with Crippen molar-refractivity contribution in [1.82, 2.24) is 15.1 Å². The molecule has 0 aliphatic carbocycles. The molecule has 4 nitrogen and oxygen atoms in total. The summed E-state index contributed by atoms with van der Waals surface area (Å²) in [4.78, 5) is 0. The number of anilines is 1. The highest BCUT2D eigenvalue weighted by Gasteiger charge is 2.02. The molecule has 0 atom stereocenters. The van der Waals surface area contributed by atoms with Gasteiger partial charge in [-0.2, -0.15) is 5.10 Å². The van der Waals surface area contributed by atoms with E-state index in [2.05, 4.69) is 15.7 Å². The molecule has 0 spiro atoms. The standard InChI is InChI=1S/C14H17ClN4S/c1-10(2)17-14(20)18-13-5-3-4-11(6-13)8-19-9-12(15)7-16-19/h3-7,9-10H,8H2,1-2H3,(H2,17,18,20). The summed E-state index contributed by atoms with van der Waals surface area (Å²) in [7, 11) is 0. The highest BCUT2D eigenvalue weighted by Crippen LogP contribution is 2.13. The van der Waals surface area contributed by atoms with Crippen LogP contribution in [0, 0.1) is 0 Å². The van der Waals surface area contributed by atoms with E-state index in [0.29, 0.717) is 22.7 Å². The Balaban J connectivity index is 2.02. The first kappa shape index (κ1) is 14.8. The maximum Gasteiger partial charge on any atom is 0.170 e. The fourth-order valence-corrected chi connectivity index (χ4v) is 2.30. The second kappa shape index (κ2) is 6.72. The van der Waals surface area contributed by atoms with Gasteiger partial charge >= 0.3 is 0 Å². The summed E-state index contributed by atoms with van der Waals surface area (Å²) in [6, 6.07) is 8.36. The molecule has 20 heavy (non-hydrogen) atoms. The average Bonchev–Trinajstić information content (AvgIpc) is 2.74. The van der Waals surface area contributed by atoms with Crippen molar-refractivity contribution in [2.24, 2.45) is 0 Å². The third-order valence-corrected chi connectivity index (χ3v) is 2.97. The zero-order chi connectivity index (χ0) is 14.5. The summed E-state index contributed by atoms with van der Waals surface area (Å²) < 4.78 is 1.80. The van der Waals surface area contributed by atoms with E-state index < -0.39 is 0 Å². The van der Waals surface area contributed by atoms with E-state index in [-0.39, 0.29) is 0 Å². The van der Waals surface area contributed by atoms with Crippen LogP contribution < -0.4 is 10.6 Å². The molecular formula is C14H17ClN4S. The molecule has 0 saturated heterocycles. The van der Waals surface area contributed by atoms with Crippen molar-refractivity contribution in [2.75, 3.05) is 5.32 Å². The minimum Gasteiger partial charge on any atom is -0.360 e. The van der Waals surface area contributed by atoms with Crippen molar-refractivity contribution in [1.29, 1.82) is 0 Å². The van der Waals surface area contributed by atoms with E-state index in [1.165, 1.54) is 0 Å². The first-order valence-electron chi connectivity index (χ1n) is 6.37. The molecule has 0 saturated carbocycles. The minimum atomic E-state index is 0.310. The van der Waals surface area contributed by atoms with Crippen molar-refractivity contribution in [3.05, 3.63) is 47.2 Å². The van der Waals surface area contributed by atoms with E-state index in [1.807, 2.05) is 38.1 Å². The van der Waals surface area contributed by atoms with E-state index in [1.54, 1.807) is 17.1 Å². The number of halogens is 1. The molecule has 0 aliphatic heterocycles. The van der Waals surface area contributed by atoms with Gasteiger partial charge in [-0.05, 0) is 43.8 Å². The van der Waals surface area contributed by atoms with Crippen molar-refractivity contribution in [3.63, 3.8) is 0 Å². The number of rotatable bonds is 4. The van der Waals surface area contributed by atoms with Gasteiger partial charge in [0.1, 0.15) is 0 Å². The van der Waals surface area contributed by atoms with Crippen LogP contribution in [0.5, 0.6) is 0 Å². The van der Waals surface area contributed by atoms with Crippen LogP contribution in [0.15, 0.2) is 36.7 Å². The number of hydrogen-bond acceptors (Lipinski definition) is 2. The Labute approximate surface area is 129 Å². The van der Waals surface area contributed by atoms with Gasteiger partial charge in [0, 0.05) is 17.9 Å². The van der Waals surface area contributed by atoms with E-state index in [0.717, 1.165) is 11.3 Å². The summed E-state index contributed by atoms with van der Waals surface area (Å²) >= 11 is 11.1. The summed E-state index contributed by atoms with van der Waals surface area (Å²) in [5, 5.41) is 11.8. The zero-order valence-electron chi connectivity index (χ0n) is 11.4. The second-order valence-electron chi connectivity index (χ2n) is 4.81. The summed E-state index contributed by atoms with van der Waals surface area (Å²) in [5.74, 6) is 0. The third kappa shape index (κ3) is 4.51. The van der Waals surface area contributed by atoms with Crippen LogP contribution in [0.1, 0.15) is 19.4 Å². The predicted molar refractivity (Wildman–Crippen MR) is 87.3 cm³/mol. The lowest BCUT2D eigenvalue weighted by Gasteiger charge is -2.13. The van der Waals surface area contributed by atoms with Crippen LogP contribution >= 0.6 is 23.8 Å². The highest BCUT2D eigenvalue weighted by molar-refractivity contribution is 7.80. The molecule has 0 fully saturated rings. The van der Waals surface area contributed by atoms with Crippen LogP contribution in [-0.4, -0.2) is 20.9 Å². The Kier molecular flexibility index (Phi) is 4.98. The first-order valence-corrected chi connectivity index (χ1v) is 7.16. The fourth-order valence-electron chi connectivity index (χ4n) is 1.79. The number of thiocarbonyl (C=S) groups is 1. The van der Waals surface area contributed by atoms with Crippen LogP contribution in [0.3, 0.4) is 0 Å². The molecule has 2 N–H and O–H groups in total. The molecule has 0 amide bonds. The molecule has 2 rings (SSSR count).